The van der Waals surface area contributed by atoms with Gasteiger partial charge in [0.15, 0.2) is 12.2 Å². The summed E-state index contributed by atoms with van der Waals surface area (Å²) in [7, 11) is 0. The number of hydrogen-bond acceptors (Lipinski definition) is 6. The first-order chi connectivity index (χ1) is 8.14. The summed E-state index contributed by atoms with van der Waals surface area (Å²) in [6.07, 6.45) is -4.08. The Morgan fingerprint density at radius 2 is 1.39 bits per heavy atom. The zero-order valence-electron chi connectivity index (χ0n) is 9.19. The molecular weight excluding hydrogens is 272 g/mol. The Morgan fingerprint density at radius 1 is 1.06 bits per heavy atom. The van der Waals surface area contributed by atoms with Crippen LogP contribution in [-0.2, 0) is 14.4 Å². The standard InChI is InChI=1S/C4H9ClN2O.C4H6O6/c5-2-1-3(6)4(7)8;5-1(3(7)8)2(6)4(9)10/h3H,1-2,6H2,(H2,7,8);1-2,5-6H,(H,7,8)(H,9,10)/t3-;1-,2-/m01/s1. The van der Waals surface area contributed by atoms with Gasteiger partial charge in [-0.2, -0.15) is 0 Å². The monoisotopic (exact) mass is 286 g/mol. The van der Waals surface area contributed by atoms with Gasteiger partial charge in [-0.15, -0.1) is 11.6 Å². The predicted molar refractivity (Wildman–Crippen MR) is 59.8 cm³/mol. The molecule has 106 valence electrons. The van der Waals surface area contributed by atoms with Crippen LogP contribution in [0.5, 0.6) is 0 Å². The number of carboxylic acid groups (broad SMARTS) is 2. The summed E-state index contributed by atoms with van der Waals surface area (Å²) in [4.78, 5) is 29.7. The molecule has 0 aliphatic rings. The maximum absolute atomic E-state index is 10.1. The molecule has 0 aromatic carbocycles. The number of alkyl halides is 1. The van der Waals surface area contributed by atoms with Crippen LogP contribution in [0.2, 0.25) is 0 Å². The average molecular weight is 287 g/mol. The van der Waals surface area contributed by atoms with Crippen LogP contribution < -0.4 is 11.5 Å². The molecule has 0 saturated carbocycles. The molecule has 3 atom stereocenters. The molecule has 10 heteroatoms. The molecule has 0 fully saturated rings. The van der Waals surface area contributed by atoms with Crippen LogP contribution >= 0.6 is 11.6 Å². The molecule has 9 nitrogen and oxygen atoms in total. The van der Waals surface area contributed by atoms with Crippen LogP contribution in [0, 0.1) is 0 Å². The molecule has 0 spiro atoms. The number of amides is 1. The number of carboxylic acids is 2. The molecule has 0 rings (SSSR count). The van der Waals surface area contributed by atoms with Crippen molar-refractivity contribution in [2.75, 3.05) is 5.88 Å². The van der Waals surface area contributed by atoms with Gasteiger partial charge in [0.25, 0.3) is 0 Å². The van der Waals surface area contributed by atoms with Crippen LogP contribution in [-0.4, -0.2) is 62.4 Å². The minimum atomic E-state index is -2.27. The minimum absolute atomic E-state index is 0.379. The van der Waals surface area contributed by atoms with Crippen LogP contribution in [0.3, 0.4) is 0 Å². The van der Waals surface area contributed by atoms with E-state index in [2.05, 4.69) is 0 Å². The second-order valence-electron chi connectivity index (χ2n) is 3.05. The summed E-state index contributed by atoms with van der Waals surface area (Å²) in [6.45, 7) is 0. The Kier molecular flexibility index (Phi) is 10.1. The first-order valence-corrected chi connectivity index (χ1v) is 5.11. The number of primary amides is 1. The van der Waals surface area contributed by atoms with Gasteiger partial charge in [-0.25, -0.2) is 9.59 Å². The minimum Gasteiger partial charge on any atom is -0.479 e. The molecule has 1 amide bonds. The number of carbonyl (C=O) groups is 3. The van der Waals surface area contributed by atoms with Gasteiger partial charge in [-0.3, -0.25) is 4.79 Å². The van der Waals surface area contributed by atoms with Crippen LogP contribution in [0.1, 0.15) is 6.42 Å². The number of aliphatic hydroxyl groups is 2. The van der Waals surface area contributed by atoms with E-state index in [1.165, 1.54) is 0 Å². The van der Waals surface area contributed by atoms with Gasteiger partial charge in [0.2, 0.25) is 5.91 Å². The topological polar surface area (TPSA) is 184 Å². The number of hydrogen-bond donors (Lipinski definition) is 6. The lowest BCUT2D eigenvalue weighted by Crippen LogP contribution is -2.39. The smallest absolute Gasteiger partial charge is 0.335 e. The maximum atomic E-state index is 10.1. The molecule has 0 aliphatic carbocycles. The Morgan fingerprint density at radius 3 is 1.50 bits per heavy atom. The van der Waals surface area contributed by atoms with Crippen LogP contribution in [0.15, 0.2) is 0 Å². The highest BCUT2D eigenvalue weighted by Gasteiger charge is 2.29. The third-order valence-corrected chi connectivity index (χ3v) is 1.81. The summed E-state index contributed by atoms with van der Waals surface area (Å²) >= 11 is 5.25. The molecule has 0 heterocycles. The molecule has 18 heavy (non-hydrogen) atoms. The van der Waals surface area contributed by atoms with Crippen molar-refractivity contribution in [3.8, 4) is 0 Å². The van der Waals surface area contributed by atoms with Crippen molar-refractivity contribution >= 4 is 29.4 Å². The largest absolute Gasteiger partial charge is 0.479 e. The van der Waals surface area contributed by atoms with Gasteiger partial charge in [0.1, 0.15) is 0 Å². The molecular formula is C8H15ClN2O7. The van der Waals surface area contributed by atoms with Crippen molar-refractivity contribution in [3.05, 3.63) is 0 Å². The Bertz CT molecular complexity index is 281. The van der Waals surface area contributed by atoms with E-state index in [0.717, 1.165) is 0 Å². The molecule has 0 saturated heterocycles. The lowest BCUT2D eigenvalue weighted by molar-refractivity contribution is -0.165. The average Bonchev–Trinajstić information content (AvgIpc) is 2.27. The van der Waals surface area contributed by atoms with E-state index in [1.807, 2.05) is 0 Å². The van der Waals surface area contributed by atoms with Gasteiger partial charge in [-0.1, -0.05) is 0 Å². The molecule has 0 radical (unpaired) electrons. The fourth-order valence-electron chi connectivity index (χ4n) is 0.530. The number of carbonyl (C=O) groups excluding carboxylic acids is 1. The van der Waals surface area contributed by atoms with E-state index in [4.69, 9.17) is 43.5 Å². The lowest BCUT2D eigenvalue weighted by atomic mass is 10.2. The van der Waals surface area contributed by atoms with Crippen molar-refractivity contribution in [3.63, 3.8) is 0 Å². The molecule has 0 unspecified atom stereocenters. The number of rotatable bonds is 6. The summed E-state index contributed by atoms with van der Waals surface area (Å²) in [6, 6.07) is -0.576. The number of aliphatic carboxylic acids is 2. The molecule has 0 aliphatic heterocycles. The number of aliphatic hydroxyl groups excluding tert-OH is 2. The third kappa shape index (κ3) is 8.70. The number of nitrogens with two attached hydrogens (primary N) is 2. The van der Waals surface area contributed by atoms with Gasteiger partial charge in [0.05, 0.1) is 6.04 Å². The van der Waals surface area contributed by atoms with Crippen molar-refractivity contribution in [2.24, 2.45) is 11.5 Å². The Hall–Kier alpha value is -1.42. The van der Waals surface area contributed by atoms with Crippen molar-refractivity contribution in [1.82, 2.24) is 0 Å². The summed E-state index contributed by atoms with van der Waals surface area (Å²) < 4.78 is 0. The highest BCUT2D eigenvalue weighted by Crippen LogP contribution is 1.92. The van der Waals surface area contributed by atoms with Crippen molar-refractivity contribution in [2.45, 2.75) is 24.7 Å². The van der Waals surface area contributed by atoms with Gasteiger partial charge in [-0.05, 0) is 6.42 Å². The molecule has 0 aromatic heterocycles. The van der Waals surface area contributed by atoms with E-state index in [1.54, 1.807) is 0 Å². The van der Waals surface area contributed by atoms with Crippen molar-refractivity contribution in [1.29, 1.82) is 0 Å². The summed E-state index contributed by atoms with van der Waals surface area (Å²) in [5.41, 5.74) is 9.97. The second kappa shape index (κ2) is 9.59. The lowest BCUT2D eigenvalue weighted by Gasteiger charge is -2.07. The van der Waals surface area contributed by atoms with E-state index in [9.17, 15) is 14.4 Å². The van der Waals surface area contributed by atoms with E-state index >= 15 is 0 Å². The highest BCUT2D eigenvalue weighted by atomic mass is 35.5. The summed E-state index contributed by atoms with van der Waals surface area (Å²) in [5.74, 6) is -3.65. The first-order valence-electron chi connectivity index (χ1n) is 4.57. The first kappa shape index (κ1) is 18.9. The zero-order valence-corrected chi connectivity index (χ0v) is 9.95. The molecule has 0 bridgehead atoms. The fourth-order valence-corrected chi connectivity index (χ4v) is 0.765. The SMILES string of the molecule is NC(=O)[C@@H](N)CCCl.O=C(O)[C@H](O)[C@@H](O)C(=O)O. The van der Waals surface area contributed by atoms with Gasteiger partial charge in [0, 0.05) is 5.88 Å². The van der Waals surface area contributed by atoms with Gasteiger partial charge < -0.3 is 31.9 Å². The molecule has 8 N–H and O–H groups in total. The second-order valence-corrected chi connectivity index (χ2v) is 3.43. The van der Waals surface area contributed by atoms with Crippen LogP contribution in [0.25, 0.3) is 0 Å². The van der Waals surface area contributed by atoms with E-state index in [0.29, 0.717) is 12.3 Å². The Labute approximate surface area is 107 Å². The fraction of sp³-hybridized carbons (Fsp3) is 0.625. The van der Waals surface area contributed by atoms with E-state index in [-0.39, 0.29) is 0 Å². The molecule has 0 aromatic rings. The zero-order chi connectivity index (χ0) is 14.9. The predicted octanol–water partition coefficient (Wildman–Crippen LogP) is -2.69. The Balaban J connectivity index is 0. The van der Waals surface area contributed by atoms with Crippen molar-refractivity contribution < 1.29 is 34.8 Å². The normalized spacial score (nSPS) is 14.7. The maximum Gasteiger partial charge on any atom is 0.335 e. The third-order valence-electron chi connectivity index (χ3n) is 1.59. The highest BCUT2D eigenvalue weighted by molar-refractivity contribution is 6.18. The number of halogens is 1. The quantitative estimate of drug-likeness (QED) is 0.285. The summed E-state index contributed by atoms with van der Waals surface area (Å²) in [5, 5.41) is 32.5. The van der Waals surface area contributed by atoms with Gasteiger partial charge >= 0.3 is 11.9 Å². The van der Waals surface area contributed by atoms with E-state index < -0.39 is 36.1 Å². The van der Waals surface area contributed by atoms with Crippen LogP contribution in [0.4, 0.5) is 0 Å².